The first-order valence-corrected chi connectivity index (χ1v) is 3.82. The molecule has 1 aromatic rings. The van der Waals surface area contributed by atoms with Gasteiger partial charge in [0, 0.05) is 0 Å². The van der Waals surface area contributed by atoms with Crippen molar-refractivity contribution in [2.45, 2.75) is 26.2 Å². The quantitative estimate of drug-likeness (QED) is 0.714. The lowest BCUT2D eigenvalue weighted by atomic mass is 10.2. The van der Waals surface area contributed by atoms with Crippen LogP contribution in [0.3, 0.4) is 0 Å². The number of rotatable bonds is 3. The first-order chi connectivity index (χ1) is 5.34. The van der Waals surface area contributed by atoms with E-state index in [0.717, 1.165) is 25.0 Å². The van der Waals surface area contributed by atoms with E-state index in [1.165, 1.54) is 12.5 Å². The van der Waals surface area contributed by atoms with Gasteiger partial charge in [-0.2, -0.15) is 0 Å². The second kappa shape index (κ2) is 3.91. The summed E-state index contributed by atoms with van der Waals surface area (Å²) in [6.07, 6.45) is 5.90. The van der Waals surface area contributed by atoms with Gasteiger partial charge in [0.05, 0.1) is 11.9 Å². The number of aryl methyl sites for hydroxylation is 1. The first-order valence-electron chi connectivity index (χ1n) is 3.82. The lowest BCUT2D eigenvalue weighted by molar-refractivity contribution is 0.459. The van der Waals surface area contributed by atoms with Crippen LogP contribution in [0.5, 0.6) is 5.75 Å². The smallest absolute Gasteiger partial charge is 0.155 e. The molecule has 0 radical (unpaired) electrons. The van der Waals surface area contributed by atoms with Crippen LogP contribution in [0.15, 0.2) is 12.5 Å². The molecule has 1 heterocycles. The SMILES string of the molecule is CCCCc1ncncc1O. The maximum atomic E-state index is 9.21. The molecule has 1 N–H and O–H groups in total. The topological polar surface area (TPSA) is 46.0 Å². The Hall–Kier alpha value is -1.12. The summed E-state index contributed by atoms with van der Waals surface area (Å²) in [5, 5.41) is 9.21. The molecule has 0 aliphatic rings. The summed E-state index contributed by atoms with van der Waals surface area (Å²) in [6, 6.07) is 0. The van der Waals surface area contributed by atoms with Gasteiger partial charge in [-0.25, -0.2) is 9.97 Å². The standard InChI is InChI=1S/C8H12N2O/c1-2-3-4-7-8(11)5-9-6-10-7/h5-6,11H,2-4H2,1H3. The van der Waals surface area contributed by atoms with E-state index in [1.807, 2.05) is 0 Å². The highest BCUT2D eigenvalue weighted by Gasteiger charge is 1.99. The van der Waals surface area contributed by atoms with Gasteiger partial charge < -0.3 is 5.11 Å². The second-order valence-corrected chi connectivity index (χ2v) is 2.46. The molecule has 0 amide bonds. The van der Waals surface area contributed by atoms with Gasteiger partial charge in [-0.3, -0.25) is 0 Å². The van der Waals surface area contributed by atoms with Crippen molar-refractivity contribution in [2.75, 3.05) is 0 Å². The van der Waals surface area contributed by atoms with Gasteiger partial charge in [0.2, 0.25) is 0 Å². The molecule has 0 atom stereocenters. The summed E-state index contributed by atoms with van der Waals surface area (Å²) in [6.45, 7) is 2.11. The fourth-order valence-corrected chi connectivity index (χ4v) is 0.884. The molecule has 0 unspecified atom stereocenters. The van der Waals surface area contributed by atoms with E-state index in [2.05, 4.69) is 16.9 Å². The third-order valence-corrected chi connectivity index (χ3v) is 1.54. The van der Waals surface area contributed by atoms with Crippen LogP contribution in [0.2, 0.25) is 0 Å². The van der Waals surface area contributed by atoms with Crippen LogP contribution in [0.4, 0.5) is 0 Å². The second-order valence-electron chi connectivity index (χ2n) is 2.46. The summed E-state index contributed by atoms with van der Waals surface area (Å²) in [7, 11) is 0. The van der Waals surface area contributed by atoms with Gasteiger partial charge in [-0.05, 0) is 12.8 Å². The van der Waals surface area contributed by atoms with Crippen molar-refractivity contribution in [3.63, 3.8) is 0 Å². The number of aromatic nitrogens is 2. The monoisotopic (exact) mass is 152 g/mol. The molecular weight excluding hydrogens is 140 g/mol. The van der Waals surface area contributed by atoms with Gasteiger partial charge in [-0.1, -0.05) is 13.3 Å². The van der Waals surface area contributed by atoms with Crippen molar-refractivity contribution in [1.29, 1.82) is 0 Å². The highest BCUT2D eigenvalue weighted by Crippen LogP contribution is 2.13. The average Bonchev–Trinajstić information content (AvgIpc) is 2.03. The number of hydrogen-bond acceptors (Lipinski definition) is 3. The molecule has 0 spiro atoms. The predicted molar refractivity (Wildman–Crippen MR) is 42.3 cm³/mol. The summed E-state index contributed by atoms with van der Waals surface area (Å²) < 4.78 is 0. The molecule has 0 aliphatic heterocycles. The summed E-state index contributed by atoms with van der Waals surface area (Å²) in [4.78, 5) is 7.65. The fourth-order valence-electron chi connectivity index (χ4n) is 0.884. The van der Waals surface area contributed by atoms with Gasteiger partial charge >= 0.3 is 0 Å². The fraction of sp³-hybridized carbons (Fsp3) is 0.500. The van der Waals surface area contributed by atoms with Crippen LogP contribution in [0.1, 0.15) is 25.5 Å². The van der Waals surface area contributed by atoms with E-state index in [1.54, 1.807) is 0 Å². The Kier molecular flexibility index (Phi) is 2.83. The van der Waals surface area contributed by atoms with Crippen LogP contribution < -0.4 is 0 Å². The summed E-state index contributed by atoms with van der Waals surface area (Å²) in [5.41, 5.74) is 0.752. The van der Waals surface area contributed by atoms with Crippen molar-refractivity contribution >= 4 is 0 Å². The van der Waals surface area contributed by atoms with Gasteiger partial charge in [-0.15, -0.1) is 0 Å². The molecule has 11 heavy (non-hydrogen) atoms. The highest BCUT2D eigenvalue weighted by atomic mass is 16.3. The Morgan fingerprint density at radius 3 is 3.00 bits per heavy atom. The minimum Gasteiger partial charge on any atom is -0.504 e. The van der Waals surface area contributed by atoms with Crippen molar-refractivity contribution < 1.29 is 5.11 Å². The minimum absolute atomic E-state index is 0.209. The Labute approximate surface area is 66.1 Å². The van der Waals surface area contributed by atoms with E-state index in [0.29, 0.717) is 0 Å². The Balaban J connectivity index is 2.62. The van der Waals surface area contributed by atoms with E-state index in [-0.39, 0.29) is 5.75 Å². The Bertz CT molecular complexity index is 225. The number of aromatic hydroxyl groups is 1. The molecular formula is C8H12N2O. The van der Waals surface area contributed by atoms with E-state index < -0.39 is 0 Å². The van der Waals surface area contributed by atoms with Gasteiger partial charge in [0.1, 0.15) is 6.33 Å². The van der Waals surface area contributed by atoms with Crippen LogP contribution in [-0.4, -0.2) is 15.1 Å². The van der Waals surface area contributed by atoms with E-state index in [9.17, 15) is 5.11 Å². The van der Waals surface area contributed by atoms with Crippen LogP contribution in [0, 0.1) is 0 Å². The van der Waals surface area contributed by atoms with Crippen molar-refractivity contribution in [3.8, 4) is 5.75 Å². The normalized spacial score (nSPS) is 9.91. The van der Waals surface area contributed by atoms with Crippen molar-refractivity contribution in [1.82, 2.24) is 9.97 Å². The average molecular weight is 152 g/mol. The number of unbranched alkanes of at least 4 members (excludes halogenated alkanes) is 1. The van der Waals surface area contributed by atoms with Gasteiger partial charge in [0.15, 0.2) is 5.75 Å². The third kappa shape index (κ3) is 2.18. The maximum absolute atomic E-state index is 9.21. The van der Waals surface area contributed by atoms with E-state index >= 15 is 0 Å². The van der Waals surface area contributed by atoms with Gasteiger partial charge in [0.25, 0.3) is 0 Å². The third-order valence-electron chi connectivity index (χ3n) is 1.54. The number of nitrogens with zero attached hydrogens (tertiary/aromatic N) is 2. The highest BCUT2D eigenvalue weighted by molar-refractivity contribution is 5.20. The Morgan fingerprint density at radius 2 is 2.36 bits per heavy atom. The molecule has 0 saturated carbocycles. The lowest BCUT2D eigenvalue weighted by Gasteiger charge is -1.99. The van der Waals surface area contributed by atoms with Crippen LogP contribution >= 0.6 is 0 Å². The zero-order valence-corrected chi connectivity index (χ0v) is 6.62. The molecule has 0 saturated heterocycles. The molecule has 1 rings (SSSR count). The minimum atomic E-state index is 0.209. The van der Waals surface area contributed by atoms with Crippen LogP contribution in [0.25, 0.3) is 0 Å². The maximum Gasteiger partial charge on any atom is 0.155 e. The molecule has 3 nitrogen and oxygen atoms in total. The van der Waals surface area contributed by atoms with Crippen LogP contribution in [-0.2, 0) is 6.42 Å². The Morgan fingerprint density at radius 1 is 1.55 bits per heavy atom. The largest absolute Gasteiger partial charge is 0.504 e. The molecule has 60 valence electrons. The molecule has 3 heteroatoms. The summed E-state index contributed by atoms with van der Waals surface area (Å²) in [5.74, 6) is 0.209. The number of hydrogen-bond donors (Lipinski definition) is 1. The predicted octanol–water partition coefficient (Wildman–Crippen LogP) is 1.52. The molecule has 0 aromatic carbocycles. The summed E-state index contributed by atoms with van der Waals surface area (Å²) >= 11 is 0. The van der Waals surface area contributed by atoms with Crippen molar-refractivity contribution in [3.05, 3.63) is 18.2 Å². The zero-order chi connectivity index (χ0) is 8.10. The lowest BCUT2D eigenvalue weighted by Crippen LogP contribution is -1.90. The first kappa shape index (κ1) is 7.98. The zero-order valence-electron chi connectivity index (χ0n) is 6.62. The van der Waals surface area contributed by atoms with Crippen molar-refractivity contribution in [2.24, 2.45) is 0 Å². The molecule has 1 aromatic heterocycles. The molecule has 0 aliphatic carbocycles. The van der Waals surface area contributed by atoms with E-state index in [4.69, 9.17) is 0 Å². The molecule has 0 bridgehead atoms. The molecule has 0 fully saturated rings.